The molecule has 0 aromatic rings. The summed E-state index contributed by atoms with van der Waals surface area (Å²) in [5, 5.41) is 36.9. The zero-order chi connectivity index (χ0) is 31.2. The fourth-order valence-corrected chi connectivity index (χ4v) is 9.91. The van der Waals surface area contributed by atoms with E-state index in [0.29, 0.717) is 25.7 Å². The Balaban J connectivity index is 1.52. The van der Waals surface area contributed by atoms with Crippen LogP contribution in [0.1, 0.15) is 73.1 Å². The average molecular weight is 607 g/mol. The van der Waals surface area contributed by atoms with Gasteiger partial charge in [-0.1, -0.05) is 38.8 Å². The van der Waals surface area contributed by atoms with Crippen molar-refractivity contribution in [3.8, 4) is 0 Å². The van der Waals surface area contributed by atoms with E-state index in [2.05, 4.69) is 0 Å². The monoisotopic (exact) mass is 606 g/mol. The van der Waals surface area contributed by atoms with Crippen LogP contribution in [0, 0.1) is 54.0 Å². The Labute approximate surface area is 249 Å². The minimum atomic E-state index is -1.98. The summed E-state index contributed by atoms with van der Waals surface area (Å²) in [6.45, 7) is 8.53. The van der Waals surface area contributed by atoms with Crippen molar-refractivity contribution in [1.29, 1.82) is 0 Å². The molecule has 2 aliphatic heterocycles. The molecule has 0 radical (unpaired) electrons. The first kappa shape index (κ1) is 30.4. The number of allylic oxidation sites excluding steroid dienone is 4. The van der Waals surface area contributed by atoms with Gasteiger partial charge in [-0.3, -0.25) is 4.79 Å². The molecule has 43 heavy (non-hydrogen) atoms. The maximum Gasteiger partial charge on any atom is 0.294 e. The minimum absolute atomic E-state index is 0.0411. The zero-order valence-electron chi connectivity index (χ0n) is 25.2. The van der Waals surface area contributed by atoms with E-state index < -0.39 is 63.0 Å². The SMILES string of the molecule is CCCC1O[C@@H]2CC3C4CCC5=CC(=O)C=C[C@]5(C)C4[C@@H](O[N+](=O)[O-])C[C@]3(C)[C@]2(C2(CO[N+](=O)[O-])OCC(C)(C)N2[O-])O1. The third kappa shape index (κ3) is 4.06. The molecule has 3 saturated carbocycles. The van der Waals surface area contributed by atoms with Crippen LogP contribution in [0.4, 0.5) is 0 Å². The molecule has 0 spiro atoms. The molecule has 0 bridgehead atoms. The van der Waals surface area contributed by atoms with Gasteiger partial charge in [-0.15, -0.1) is 20.2 Å². The van der Waals surface area contributed by atoms with Crippen LogP contribution in [0.2, 0.25) is 0 Å². The van der Waals surface area contributed by atoms with Gasteiger partial charge in [0.1, 0.15) is 18.3 Å². The highest BCUT2D eigenvalue weighted by Crippen LogP contribution is 2.73. The predicted molar refractivity (Wildman–Crippen MR) is 148 cm³/mol. The summed E-state index contributed by atoms with van der Waals surface area (Å²) >= 11 is 0. The molecule has 14 heteroatoms. The lowest BCUT2D eigenvalue weighted by Crippen LogP contribution is -2.75. The predicted octanol–water partition coefficient (Wildman–Crippen LogP) is 3.88. The quantitative estimate of drug-likeness (QED) is 0.288. The van der Waals surface area contributed by atoms with Crippen molar-refractivity contribution in [2.45, 2.75) is 109 Å². The number of hydrogen-bond donors (Lipinski definition) is 0. The van der Waals surface area contributed by atoms with Crippen LogP contribution < -0.4 is 0 Å². The Morgan fingerprint density at radius 3 is 2.53 bits per heavy atom. The van der Waals surface area contributed by atoms with E-state index in [-0.39, 0.29) is 36.6 Å². The fourth-order valence-electron chi connectivity index (χ4n) is 9.91. The average Bonchev–Trinajstić information content (AvgIpc) is 3.49. The van der Waals surface area contributed by atoms with Crippen LogP contribution in [0.3, 0.4) is 0 Å². The molecule has 5 fully saturated rings. The summed E-state index contributed by atoms with van der Waals surface area (Å²) in [6, 6.07) is 0. The van der Waals surface area contributed by atoms with Crippen LogP contribution in [-0.2, 0) is 28.7 Å². The molecule has 238 valence electrons. The highest BCUT2D eigenvalue weighted by atomic mass is 17.0. The van der Waals surface area contributed by atoms with E-state index in [1.807, 2.05) is 26.8 Å². The third-order valence-corrected chi connectivity index (χ3v) is 11.5. The molecule has 10 atom stereocenters. The maximum atomic E-state index is 14.3. The van der Waals surface area contributed by atoms with E-state index in [1.165, 1.54) is 6.08 Å². The van der Waals surface area contributed by atoms with Crippen LogP contribution >= 0.6 is 0 Å². The second kappa shape index (κ2) is 9.93. The Hall–Kier alpha value is -2.65. The molecule has 0 aromatic carbocycles. The van der Waals surface area contributed by atoms with Crippen LogP contribution in [-0.4, -0.2) is 69.6 Å². The highest BCUT2D eigenvalue weighted by molar-refractivity contribution is 6.01. The van der Waals surface area contributed by atoms with Gasteiger partial charge in [-0.2, -0.15) is 0 Å². The van der Waals surface area contributed by atoms with Crippen molar-refractivity contribution in [3.05, 3.63) is 49.2 Å². The standard InChI is InChI=1S/C29H40N3O11/c1-6-7-23-41-22-13-20-19-9-8-17-12-18(33)10-11-26(17,4)24(19)21(43-32(37)38)14-27(20,5)29(22,42-23)28(16-40-31(35)36)30(34)25(2,3)15-39-28/h10-12,19-24H,6-9,13-16H2,1-5H3/q-1/t19?,20?,21-,22+,23?,24?,26-,27-,28?,29+/m0/s1. The number of ether oxygens (including phenoxy) is 3. The Morgan fingerprint density at radius 1 is 1.16 bits per heavy atom. The van der Waals surface area contributed by atoms with E-state index in [4.69, 9.17) is 23.9 Å². The van der Waals surface area contributed by atoms with Gasteiger partial charge in [0.15, 0.2) is 17.8 Å². The lowest BCUT2D eigenvalue weighted by Gasteiger charge is -2.64. The molecule has 4 aliphatic carbocycles. The first-order valence-corrected chi connectivity index (χ1v) is 15.1. The first-order chi connectivity index (χ1) is 20.1. The number of ketones is 1. The Kier molecular flexibility index (Phi) is 7.01. The molecule has 2 heterocycles. The summed E-state index contributed by atoms with van der Waals surface area (Å²) < 4.78 is 19.8. The van der Waals surface area contributed by atoms with Crippen molar-refractivity contribution in [1.82, 2.24) is 5.06 Å². The van der Waals surface area contributed by atoms with E-state index in [1.54, 1.807) is 19.9 Å². The second-order valence-electron chi connectivity index (χ2n) is 14.1. The number of rotatable bonds is 8. The number of fused-ring (bicyclic) bond motifs is 7. The summed E-state index contributed by atoms with van der Waals surface area (Å²) in [6.07, 6.45) is 5.70. The summed E-state index contributed by atoms with van der Waals surface area (Å²) in [7, 11) is 0. The topological polar surface area (TPSA) is 176 Å². The van der Waals surface area contributed by atoms with Crippen LogP contribution in [0.25, 0.3) is 0 Å². The highest BCUT2D eigenvalue weighted by Gasteiger charge is 2.82. The van der Waals surface area contributed by atoms with Crippen molar-refractivity contribution in [3.63, 3.8) is 0 Å². The van der Waals surface area contributed by atoms with Crippen molar-refractivity contribution >= 4 is 5.78 Å². The number of hydroxylamine groups is 2. The summed E-state index contributed by atoms with van der Waals surface area (Å²) in [4.78, 5) is 46.3. The van der Waals surface area contributed by atoms with E-state index in [9.17, 15) is 30.2 Å². The van der Waals surface area contributed by atoms with Gasteiger partial charge in [0.25, 0.3) is 10.2 Å². The summed E-state index contributed by atoms with van der Waals surface area (Å²) in [5.74, 6) is -0.765. The number of carbonyl (C=O) groups excluding carboxylic acids is 1. The second-order valence-corrected chi connectivity index (χ2v) is 14.1. The molecular formula is C29H40N3O11-. The number of nitrogens with zero attached hydrogens (tertiary/aromatic N) is 3. The van der Waals surface area contributed by atoms with E-state index in [0.717, 1.165) is 17.1 Å². The summed E-state index contributed by atoms with van der Waals surface area (Å²) in [5.41, 5.74) is -5.38. The Morgan fingerprint density at radius 2 is 1.91 bits per heavy atom. The normalized spacial score (nSPS) is 46.4. The van der Waals surface area contributed by atoms with Gasteiger partial charge >= 0.3 is 0 Å². The van der Waals surface area contributed by atoms with Crippen molar-refractivity contribution in [2.24, 2.45) is 28.6 Å². The molecule has 6 rings (SSSR count). The fraction of sp³-hybridized carbons (Fsp3) is 0.828. The first-order valence-electron chi connectivity index (χ1n) is 15.1. The van der Waals surface area contributed by atoms with Gasteiger partial charge in [0.05, 0.1) is 12.7 Å². The number of carbonyl (C=O) groups is 1. The third-order valence-electron chi connectivity index (χ3n) is 11.5. The molecule has 6 aliphatic rings. The zero-order valence-corrected chi connectivity index (χ0v) is 25.2. The molecule has 0 N–H and O–H groups in total. The molecule has 5 unspecified atom stereocenters. The van der Waals surface area contributed by atoms with Gasteiger partial charge in [-0.25, -0.2) is 0 Å². The molecule has 0 amide bonds. The minimum Gasteiger partial charge on any atom is -0.783 e. The molecule has 2 saturated heterocycles. The Bertz CT molecular complexity index is 1270. The lowest BCUT2D eigenvalue weighted by molar-refractivity contribution is -0.773. The van der Waals surface area contributed by atoms with Crippen LogP contribution in [0.15, 0.2) is 23.8 Å². The van der Waals surface area contributed by atoms with Gasteiger partial charge in [-0.05, 0) is 69.9 Å². The van der Waals surface area contributed by atoms with Crippen LogP contribution in [0.5, 0.6) is 0 Å². The molecule has 0 aromatic heterocycles. The number of hydrogen-bond acceptors (Lipinski definition) is 12. The molecule has 14 nitrogen and oxygen atoms in total. The molecular weight excluding hydrogens is 566 g/mol. The van der Waals surface area contributed by atoms with Gasteiger partial charge < -0.3 is 34.2 Å². The lowest BCUT2D eigenvalue weighted by atomic mass is 9.45. The van der Waals surface area contributed by atoms with Crippen molar-refractivity contribution in [2.75, 3.05) is 13.2 Å². The van der Waals surface area contributed by atoms with Gasteiger partial charge in [0, 0.05) is 22.3 Å². The van der Waals surface area contributed by atoms with Crippen molar-refractivity contribution < 1.29 is 38.9 Å². The van der Waals surface area contributed by atoms with Gasteiger partial charge in [0.2, 0.25) is 0 Å². The van der Waals surface area contributed by atoms with E-state index >= 15 is 0 Å². The smallest absolute Gasteiger partial charge is 0.294 e. The largest absolute Gasteiger partial charge is 0.783 e. The maximum absolute atomic E-state index is 14.3.